The molecule has 6 nitrogen and oxygen atoms in total. The van der Waals surface area contributed by atoms with E-state index in [4.69, 9.17) is 4.74 Å². The van der Waals surface area contributed by atoms with Gasteiger partial charge in [0.2, 0.25) is 5.95 Å². The summed E-state index contributed by atoms with van der Waals surface area (Å²) in [7, 11) is 0. The van der Waals surface area contributed by atoms with Gasteiger partial charge < -0.3 is 10.1 Å². The Morgan fingerprint density at radius 1 is 1.25 bits per heavy atom. The van der Waals surface area contributed by atoms with Crippen LogP contribution < -0.4 is 15.6 Å². The van der Waals surface area contributed by atoms with Crippen LogP contribution in [0.1, 0.15) is 62.8 Å². The van der Waals surface area contributed by atoms with Gasteiger partial charge in [0.05, 0.1) is 12.3 Å². The molecule has 2 N–H and O–H groups in total. The molecule has 1 fully saturated rings. The molecule has 0 spiro atoms. The van der Waals surface area contributed by atoms with Crippen molar-refractivity contribution >= 4 is 5.95 Å². The summed E-state index contributed by atoms with van der Waals surface area (Å²) in [6.07, 6.45) is 7.45. The number of aromatic nitrogens is 2. The Labute approximate surface area is 191 Å². The number of piperidine rings is 1. The van der Waals surface area contributed by atoms with Crippen LogP contribution in [0, 0.1) is 11.8 Å². The molecule has 2 heterocycles. The number of H-pyrrole nitrogens is 1. The van der Waals surface area contributed by atoms with Crippen LogP contribution in [0.4, 0.5) is 5.95 Å². The molecule has 1 aromatic carbocycles. The number of hydrogen-bond acceptors (Lipinski definition) is 5. The molecule has 174 valence electrons. The summed E-state index contributed by atoms with van der Waals surface area (Å²) in [5.41, 5.74) is 3.19. The van der Waals surface area contributed by atoms with Gasteiger partial charge in [0.25, 0.3) is 5.56 Å². The first-order valence-electron chi connectivity index (χ1n) is 12.4. The summed E-state index contributed by atoms with van der Waals surface area (Å²) >= 11 is 0. The third-order valence-electron chi connectivity index (χ3n) is 7.02. The second kappa shape index (κ2) is 11.0. The molecule has 1 aliphatic carbocycles. The van der Waals surface area contributed by atoms with E-state index >= 15 is 0 Å². The zero-order chi connectivity index (χ0) is 22.3. The third-order valence-corrected chi connectivity index (χ3v) is 7.02. The van der Waals surface area contributed by atoms with Crippen LogP contribution in [0.25, 0.3) is 0 Å². The number of hydrogen-bond donors (Lipinski definition) is 2. The molecule has 32 heavy (non-hydrogen) atoms. The van der Waals surface area contributed by atoms with E-state index in [9.17, 15) is 4.79 Å². The van der Waals surface area contributed by atoms with Crippen LogP contribution in [-0.2, 0) is 19.4 Å². The van der Waals surface area contributed by atoms with Gasteiger partial charge in [0.1, 0.15) is 5.75 Å². The molecule has 1 unspecified atom stereocenters. The number of aromatic amines is 1. The third kappa shape index (κ3) is 6.12. The fourth-order valence-electron chi connectivity index (χ4n) is 4.81. The normalized spacial score (nSPS) is 19.5. The summed E-state index contributed by atoms with van der Waals surface area (Å²) in [4.78, 5) is 22.6. The topological polar surface area (TPSA) is 70.2 Å². The molecule has 6 heteroatoms. The van der Waals surface area contributed by atoms with E-state index in [0.717, 1.165) is 61.6 Å². The molecule has 4 rings (SSSR count). The summed E-state index contributed by atoms with van der Waals surface area (Å²) < 4.78 is 5.98. The van der Waals surface area contributed by atoms with Gasteiger partial charge in [-0.3, -0.25) is 14.7 Å². The molecular formula is C26H38N4O2. The highest BCUT2D eigenvalue weighted by atomic mass is 16.5. The average Bonchev–Trinajstić information content (AvgIpc) is 2.80. The van der Waals surface area contributed by atoms with Crippen molar-refractivity contribution in [2.24, 2.45) is 11.8 Å². The maximum atomic E-state index is 12.4. The number of likely N-dealkylation sites (tertiary alicyclic amines) is 1. The van der Waals surface area contributed by atoms with Gasteiger partial charge >= 0.3 is 0 Å². The first-order valence-corrected chi connectivity index (χ1v) is 12.4. The molecule has 1 atom stereocenters. The Bertz CT molecular complexity index is 934. The molecule has 0 radical (unpaired) electrons. The van der Waals surface area contributed by atoms with Crippen molar-refractivity contribution < 1.29 is 4.74 Å². The minimum Gasteiger partial charge on any atom is -0.494 e. The number of nitrogens with zero attached hydrogens (tertiary/aromatic N) is 2. The number of nitrogens with one attached hydrogen (secondary N) is 2. The van der Waals surface area contributed by atoms with Gasteiger partial charge in [-0.2, -0.15) is 0 Å². The van der Waals surface area contributed by atoms with Crippen LogP contribution in [0.3, 0.4) is 0 Å². The minimum atomic E-state index is 0.0203. The highest BCUT2D eigenvalue weighted by Crippen LogP contribution is 2.24. The highest BCUT2D eigenvalue weighted by Gasteiger charge is 2.21. The predicted molar refractivity (Wildman–Crippen MR) is 129 cm³/mol. The Balaban J connectivity index is 1.21. The fourth-order valence-corrected chi connectivity index (χ4v) is 4.81. The minimum absolute atomic E-state index is 0.0203. The summed E-state index contributed by atoms with van der Waals surface area (Å²) in [5, 5.41) is 3.26. The van der Waals surface area contributed by atoms with Gasteiger partial charge in [0.15, 0.2) is 0 Å². The lowest BCUT2D eigenvalue weighted by molar-refractivity contribution is 0.185. The number of aryl methyl sites for hydroxylation is 1. The number of fused-ring (bicyclic) bond motifs is 1. The number of rotatable bonds is 9. The van der Waals surface area contributed by atoms with Crippen LogP contribution in [0.15, 0.2) is 29.1 Å². The quantitative estimate of drug-likeness (QED) is 0.568. The first-order chi connectivity index (χ1) is 15.6. The van der Waals surface area contributed by atoms with E-state index in [-0.39, 0.29) is 5.56 Å². The summed E-state index contributed by atoms with van der Waals surface area (Å²) in [6, 6.07) is 8.46. The Kier molecular flexibility index (Phi) is 7.85. The molecule has 1 saturated heterocycles. The second-order valence-corrected chi connectivity index (χ2v) is 9.59. The van der Waals surface area contributed by atoms with Crippen LogP contribution >= 0.6 is 0 Å². The number of benzene rings is 1. The molecular weight excluding hydrogens is 400 g/mol. The Morgan fingerprint density at radius 2 is 2.09 bits per heavy atom. The largest absolute Gasteiger partial charge is 0.494 e. The van der Waals surface area contributed by atoms with Gasteiger partial charge in [-0.25, -0.2) is 4.98 Å². The van der Waals surface area contributed by atoms with Crippen molar-refractivity contribution in [1.82, 2.24) is 14.9 Å². The number of ether oxygens (including phenoxy) is 1. The smallest absolute Gasteiger partial charge is 0.255 e. The predicted octanol–water partition coefficient (Wildman–Crippen LogP) is 4.40. The number of anilines is 1. The lowest BCUT2D eigenvalue weighted by Crippen LogP contribution is -2.32. The Hall–Kier alpha value is -2.34. The van der Waals surface area contributed by atoms with Crippen LogP contribution in [-0.4, -0.2) is 41.1 Å². The Morgan fingerprint density at radius 3 is 2.91 bits per heavy atom. The van der Waals surface area contributed by atoms with E-state index in [0.29, 0.717) is 25.0 Å². The summed E-state index contributed by atoms with van der Waals surface area (Å²) in [6.45, 7) is 9.27. The lowest BCUT2D eigenvalue weighted by atomic mass is 9.86. The van der Waals surface area contributed by atoms with Crippen molar-refractivity contribution in [3.8, 4) is 5.75 Å². The monoisotopic (exact) mass is 438 g/mol. The zero-order valence-corrected chi connectivity index (χ0v) is 19.7. The van der Waals surface area contributed by atoms with Gasteiger partial charge in [-0.05, 0) is 81.1 Å². The standard InChI is InChI=1S/C26H38N4O2/c1-3-20-8-9-24-23(17-20)25(31)29-26(28-24)27-12-5-15-32-22-7-4-6-21(16-22)18-30-13-10-19(2)11-14-30/h4,6-7,16,19-20H,3,5,8-15,17-18H2,1-2H3,(H2,27,28,29,31). The van der Waals surface area contributed by atoms with Crippen molar-refractivity contribution in [2.45, 2.75) is 65.3 Å². The molecule has 0 amide bonds. The van der Waals surface area contributed by atoms with Gasteiger partial charge in [0, 0.05) is 18.7 Å². The van der Waals surface area contributed by atoms with Crippen molar-refractivity contribution in [2.75, 3.05) is 31.6 Å². The highest BCUT2D eigenvalue weighted by molar-refractivity contribution is 5.31. The van der Waals surface area contributed by atoms with Gasteiger partial charge in [-0.1, -0.05) is 32.4 Å². The summed E-state index contributed by atoms with van der Waals surface area (Å²) in [5.74, 6) is 2.99. The van der Waals surface area contributed by atoms with E-state index in [1.54, 1.807) is 0 Å². The molecule has 0 bridgehead atoms. The van der Waals surface area contributed by atoms with Crippen molar-refractivity contribution in [1.29, 1.82) is 0 Å². The van der Waals surface area contributed by atoms with E-state index in [1.165, 1.54) is 31.5 Å². The molecule has 2 aliphatic rings. The second-order valence-electron chi connectivity index (χ2n) is 9.59. The maximum Gasteiger partial charge on any atom is 0.255 e. The van der Waals surface area contributed by atoms with E-state index in [2.05, 4.69) is 52.2 Å². The maximum absolute atomic E-state index is 12.4. The van der Waals surface area contributed by atoms with E-state index in [1.807, 2.05) is 6.07 Å². The fraction of sp³-hybridized carbons (Fsp3) is 0.615. The van der Waals surface area contributed by atoms with Crippen molar-refractivity contribution in [3.63, 3.8) is 0 Å². The van der Waals surface area contributed by atoms with Gasteiger partial charge in [-0.15, -0.1) is 0 Å². The average molecular weight is 439 g/mol. The molecule has 1 aliphatic heterocycles. The molecule has 2 aromatic rings. The molecule has 0 saturated carbocycles. The lowest BCUT2D eigenvalue weighted by Gasteiger charge is -2.30. The van der Waals surface area contributed by atoms with Crippen LogP contribution in [0.5, 0.6) is 5.75 Å². The van der Waals surface area contributed by atoms with Crippen LogP contribution in [0.2, 0.25) is 0 Å². The zero-order valence-electron chi connectivity index (χ0n) is 19.7. The van der Waals surface area contributed by atoms with E-state index < -0.39 is 0 Å². The van der Waals surface area contributed by atoms with Crippen molar-refractivity contribution in [3.05, 3.63) is 51.4 Å². The first kappa shape index (κ1) is 22.8. The SMILES string of the molecule is CCC1CCc2nc(NCCCOc3cccc(CN4CCC(C)CC4)c3)[nH]c(=O)c2C1. The molecule has 1 aromatic heterocycles.